The first-order chi connectivity index (χ1) is 15.1. The van der Waals surface area contributed by atoms with Gasteiger partial charge >= 0.3 is 5.97 Å². The molecule has 1 saturated heterocycles. The number of methoxy groups -OCH3 is 1. The number of ether oxygens (including phenoxy) is 1. The van der Waals surface area contributed by atoms with Crippen LogP contribution in [0.1, 0.15) is 28.8 Å². The van der Waals surface area contributed by atoms with Crippen molar-refractivity contribution in [2.24, 2.45) is 5.92 Å². The highest BCUT2D eigenvalue weighted by molar-refractivity contribution is 7.88. The van der Waals surface area contributed by atoms with Gasteiger partial charge in [-0.3, -0.25) is 4.79 Å². The first-order valence-electron chi connectivity index (χ1n) is 9.72. The van der Waals surface area contributed by atoms with E-state index in [9.17, 15) is 18.0 Å². The molecule has 2 aromatic carbocycles. The Morgan fingerprint density at radius 2 is 1.69 bits per heavy atom. The highest BCUT2D eigenvalue weighted by atomic mass is 35.5. The first-order valence-corrected chi connectivity index (χ1v) is 12.5. The molecule has 0 aliphatic carbocycles. The zero-order valence-corrected chi connectivity index (χ0v) is 20.2. The molecule has 0 spiro atoms. The van der Waals surface area contributed by atoms with Gasteiger partial charge in [-0.2, -0.15) is 0 Å². The Balaban J connectivity index is 1.63. The number of nitrogens with one attached hydrogen (secondary N) is 1. The molecular formula is C21H21Cl3N2O5S. The lowest BCUT2D eigenvalue weighted by atomic mass is 9.97. The van der Waals surface area contributed by atoms with Gasteiger partial charge in [0.05, 0.1) is 29.1 Å². The second kappa shape index (κ2) is 10.4. The zero-order valence-electron chi connectivity index (χ0n) is 17.1. The van der Waals surface area contributed by atoms with Gasteiger partial charge in [0.25, 0.3) is 0 Å². The minimum absolute atomic E-state index is 0.193. The monoisotopic (exact) mass is 518 g/mol. The van der Waals surface area contributed by atoms with Crippen molar-refractivity contribution < 1.29 is 22.7 Å². The Morgan fingerprint density at radius 1 is 1.06 bits per heavy atom. The quantitative estimate of drug-likeness (QED) is 0.563. The molecule has 1 fully saturated rings. The first kappa shape index (κ1) is 24.8. The van der Waals surface area contributed by atoms with Crippen molar-refractivity contribution in [3.8, 4) is 0 Å². The normalized spacial score (nSPS) is 15.4. The highest BCUT2D eigenvalue weighted by Crippen LogP contribution is 2.30. The van der Waals surface area contributed by atoms with Gasteiger partial charge in [0.1, 0.15) is 0 Å². The molecule has 172 valence electrons. The topological polar surface area (TPSA) is 92.8 Å². The number of anilines is 1. The summed E-state index contributed by atoms with van der Waals surface area (Å²) in [7, 11) is -2.39. The largest absolute Gasteiger partial charge is 0.465 e. The van der Waals surface area contributed by atoms with Crippen molar-refractivity contribution >= 4 is 62.4 Å². The van der Waals surface area contributed by atoms with Crippen molar-refractivity contribution in [2.75, 3.05) is 25.5 Å². The van der Waals surface area contributed by atoms with Crippen LogP contribution >= 0.6 is 34.8 Å². The Labute approximate surface area is 201 Å². The Hall–Kier alpha value is -1.84. The molecule has 1 aliphatic rings. The summed E-state index contributed by atoms with van der Waals surface area (Å²) in [5.41, 5.74) is 0.908. The molecule has 0 radical (unpaired) electrons. The van der Waals surface area contributed by atoms with E-state index in [1.54, 1.807) is 18.2 Å². The van der Waals surface area contributed by atoms with Crippen LogP contribution in [0.3, 0.4) is 0 Å². The van der Waals surface area contributed by atoms with Gasteiger partial charge in [-0.15, -0.1) is 0 Å². The minimum Gasteiger partial charge on any atom is -0.465 e. The van der Waals surface area contributed by atoms with E-state index in [4.69, 9.17) is 34.8 Å². The third kappa shape index (κ3) is 5.74. The van der Waals surface area contributed by atoms with Crippen molar-refractivity contribution in [3.63, 3.8) is 0 Å². The summed E-state index contributed by atoms with van der Waals surface area (Å²) in [5.74, 6) is -1.55. The third-order valence-corrected chi connectivity index (χ3v) is 8.10. The molecule has 1 aliphatic heterocycles. The van der Waals surface area contributed by atoms with E-state index in [-0.39, 0.29) is 35.3 Å². The fourth-order valence-electron chi connectivity index (χ4n) is 3.44. The van der Waals surface area contributed by atoms with E-state index in [1.807, 2.05) is 0 Å². The maximum atomic E-state index is 12.8. The second-order valence-corrected chi connectivity index (χ2v) is 10.5. The summed E-state index contributed by atoms with van der Waals surface area (Å²) >= 11 is 18.4. The lowest BCUT2D eigenvalue weighted by Crippen LogP contribution is -2.42. The fourth-order valence-corrected chi connectivity index (χ4v) is 5.92. The summed E-state index contributed by atoms with van der Waals surface area (Å²) in [6, 6.07) is 9.28. The Morgan fingerprint density at radius 3 is 2.28 bits per heavy atom. The Bertz CT molecular complexity index is 1110. The van der Waals surface area contributed by atoms with E-state index in [0.29, 0.717) is 34.1 Å². The van der Waals surface area contributed by atoms with Crippen LogP contribution in [0.15, 0.2) is 36.4 Å². The van der Waals surface area contributed by atoms with E-state index in [1.165, 1.54) is 29.6 Å². The molecule has 0 atom stereocenters. The van der Waals surface area contributed by atoms with Crippen LogP contribution in [0.5, 0.6) is 0 Å². The molecule has 0 bridgehead atoms. The second-order valence-electron chi connectivity index (χ2n) is 7.31. The fraction of sp³-hybridized carbons (Fsp3) is 0.333. The van der Waals surface area contributed by atoms with Gasteiger partial charge in [-0.1, -0.05) is 40.9 Å². The predicted octanol–water partition coefficient (Wildman–Crippen LogP) is 4.61. The Kier molecular flexibility index (Phi) is 8.06. The van der Waals surface area contributed by atoms with Crippen LogP contribution < -0.4 is 5.32 Å². The van der Waals surface area contributed by atoms with Crippen LogP contribution in [0.25, 0.3) is 0 Å². The summed E-state index contributed by atoms with van der Waals surface area (Å²) in [5, 5.41) is 3.59. The van der Waals surface area contributed by atoms with Gasteiger partial charge in [0, 0.05) is 34.6 Å². The van der Waals surface area contributed by atoms with Crippen LogP contribution in [-0.4, -0.2) is 44.8 Å². The molecule has 2 aromatic rings. The zero-order chi connectivity index (χ0) is 23.5. The minimum atomic E-state index is -3.65. The highest BCUT2D eigenvalue weighted by Gasteiger charge is 2.32. The van der Waals surface area contributed by atoms with Crippen LogP contribution in [0.4, 0.5) is 5.69 Å². The van der Waals surface area contributed by atoms with Crippen molar-refractivity contribution in [1.82, 2.24) is 4.31 Å². The average molecular weight is 520 g/mol. The molecule has 7 nitrogen and oxygen atoms in total. The van der Waals surface area contributed by atoms with Gasteiger partial charge < -0.3 is 10.1 Å². The summed E-state index contributed by atoms with van der Waals surface area (Å²) in [4.78, 5) is 24.4. The van der Waals surface area contributed by atoms with Gasteiger partial charge in [-0.05, 0) is 43.2 Å². The summed E-state index contributed by atoms with van der Waals surface area (Å²) in [6.07, 6.45) is 0.686. The molecule has 11 heteroatoms. The number of esters is 1. The number of carbonyl (C=O) groups is 2. The van der Waals surface area contributed by atoms with Crippen molar-refractivity contribution in [2.45, 2.75) is 18.6 Å². The molecule has 3 rings (SSSR count). The van der Waals surface area contributed by atoms with E-state index < -0.39 is 21.9 Å². The number of amides is 1. The van der Waals surface area contributed by atoms with Crippen LogP contribution in [0, 0.1) is 5.92 Å². The van der Waals surface area contributed by atoms with Crippen molar-refractivity contribution in [3.05, 3.63) is 62.6 Å². The molecule has 1 amide bonds. The summed E-state index contributed by atoms with van der Waals surface area (Å²) < 4.78 is 31.7. The molecular weight excluding hydrogens is 499 g/mol. The van der Waals surface area contributed by atoms with Crippen LogP contribution in [0.2, 0.25) is 15.1 Å². The third-order valence-electron chi connectivity index (χ3n) is 5.25. The SMILES string of the molecule is COC(=O)c1ccc(Cl)c(NC(=O)C2CCN(S(=O)(=O)Cc3c(Cl)cccc3Cl)CC2)c1. The number of halogens is 3. The molecule has 1 heterocycles. The van der Waals surface area contributed by atoms with Gasteiger partial charge in [-0.25, -0.2) is 17.5 Å². The number of piperidine rings is 1. The average Bonchev–Trinajstić information content (AvgIpc) is 2.77. The van der Waals surface area contributed by atoms with Gasteiger partial charge in [0.15, 0.2) is 0 Å². The van der Waals surface area contributed by atoms with E-state index in [0.717, 1.165) is 0 Å². The molecule has 1 N–H and O–H groups in total. The summed E-state index contributed by atoms with van der Waals surface area (Å²) in [6.45, 7) is 0.386. The number of hydrogen-bond donors (Lipinski definition) is 1. The number of rotatable bonds is 6. The van der Waals surface area contributed by atoms with E-state index >= 15 is 0 Å². The maximum absolute atomic E-state index is 12.8. The lowest BCUT2D eigenvalue weighted by molar-refractivity contribution is -0.120. The predicted molar refractivity (Wildman–Crippen MR) is 125 cm³/mol. The molecule has 0 unspecified atom stereocenters. The number of carbonyl (C=O) groups excluding carboxylic acids is 2. The van der Waals surface area contributed by atoms with Gasteiger partial charge in [0.2, 0.25) is 15.9 Å². The molecule has 0 saturated carbocycles. The van der Waals surface area contributed by atoms with Crippen LogP contribution in [-0.2, 0) is 25.3 Å². The lowest BCUT2D eigenvalue weighted by Gasteiger charge is -2.30. The smallest absolute Gasteiger partial charge is 0.337 e. The maximum Gasteiger partial charge on any atom is 0.337 e. The molecule has 0 aromatic heterocycles. The standard InChI is InChI=1S/C21H21Cl3N2O5S/c1-31-21(28)14-5-6-18(24)19(11-14)25-20(27)13-7-9-26(10-8-13)32(29,30)12-15-16(22)3-2-4-17(15)23/h2-6,11,13H,7-10,12H2,1H3,(H,25,27). The number of hydrogen-bond acceptors (Lipinski definition) is 5. The van der Waals surface area contributed by atoms with Crippen molar-refractivity contribution in [1.29, 1.82) is 0 Å². The number of benzene rings is 2. The number of nitrogens with zero attached hydrogens (tertiary/aromatic N) is 1. The van der Waals surface area contributed by atoms with E-state index in [2.05, 4.69) is 10.1 Å². The molecule has 32 heavy (non-hydrogen) atoms. The number of sulfonamides is 1.